The maximum absolute atomic E-state index is 14.1. The van der Waals surface area contributed by atoms with Crippen LogP contribution in [0, 0.1) is 0 Å². The van der Waals surface area contributed by atoms with Crippen molar-refractivity contribution in [1.82, 2.24) is 10.2 Å². The van der Waals surface area contributed by atoms with Crippen LogP contribution < -0.4 is 14.4 Å². The second-order valence-electron chi connectivity index (χ2n) is 9.22. The lowest BCUT2D eigenvalue weighted by Crippen LogP contribution is -2.52. The fourth-order valence-electron chi connectivity index (χ4n) is 4.24. The molecule has 1 N–H and O–H groups in total. The second kappa shape index (κ2) is 15.1. The summed E-state index contributed by atoms with van der Waals surface area (Å²) in [5.74, 6) is -0.327. The summed E-state index contributed by atoms with van der Waals surface area (Å²) >= 11 is 12.5. The summed E-state index contributed by atoms with van der Waals surface area (Å²) in [6, 6.07) is 18.4. The van der Waals surface area contributed by atoms with E-state index in [2.05, 4.69) is 5.32 Å². The van der Waals surface area contributed by atoms with Crippen molar-refractivity contribution < 1.29 is 22.7 Å². The van der Waals surface area contributed by atoms with Gasteiger partial charge in [-0.3, -0.25) is 13.9 Å². The number of hydrogen-bond donors (Lipinski definition) is 1. The number of rotatable bonds is 14. The zero-order chi connectivity index (χ0) is 30.0. The van der Waals surface area contributed by atoms with Crippen LogP contribution in [0.5, 0.6) is 5.75 Å². The third-order valence-corrected chi connectivity index (χ3v) is 8.71. The first-order valence-corrected chi connectivity index (χ1v) is 15.6. The Balaban J connectivity index is 2.06. The summed E-state index contributed by atoms with van der Waals surface area (Å²) in [6.45, 7) is 5.90. The Morgan fingerprint density at radius 1 is 0.951 bits per heavy atom. The number of halogens is 2. The molecule has 0 spiro atoms. The maximum atomic E-state index is 14.1. The van der Waals surface area contributed by atoms with Gasteiger partial charge in [-0.2, -0.15) is 0 Å². The van der Waals surface area contributed by atoms with E-state index in [1.807, 2.05) is 13.8 Å². The Hall–Kier alpha value is -3.27. The number of carbonyl (C=O) groups excluding carboxylic acids is 2. The van der Waals surface area contributed by atoms with Crippen LogP contribution in [-0.4, -0.2) is 50.9 Å². The molecule has 0 saturated carbocycles. The number of nitrogens with zero attached hydrogens (tertiary/aromatic N) is 2. The summed E-state index contributed by atoms with van der Waals surface area (Å²) in [4.78, 5) is 28.7. The SMILES string of the molecule is CCCNC(=O)C(CC)N(Cc1ccc(Cl)cc1Cl)C(=O)CN(c1ccc(OCC)cc1)S(=O)(=O)c1ccccc1. The highest BCUT2D eigenvalue weighted by Crippen LogP contribution is 2.28. The second-order valence-corrected chi connectivity index (χ2v) is 11.9. The van der Waals surface area contributed by atoms with Crippen LogP contribution in [0.4, 0.5) is 5.69 Å². The quantitative estimate of drug-likeness (QED) is 0.242. The highest BCUT2D eigenvalue weighted by Gasteiger charge is 2.33. The zero-order valence-corrected chi connectivity index (χ0v) is 25.7. The van der Waals surface area contributed by atoms with Gasteiger partial charge in [0.2, 0.25) is 11.8 Å². The summed E-state index contributed by atoms with van der Waals surface area (Å²) < 4.78 is 34.3. The molecule has 0 aliphatic carbocycles. The van der Waals surface area contributed by atoms with Gasteiger partial charge in [0.1, 0.15) is 18.3 Å². The van der Waals surface area contributed by atoms with Crippen molar-refractivity contribution in [2.24, 2.45) is 0 Å². The van der Waals surface area contributed by atoms with Gasteiger partial charge in [-0.1, -0.05) is 61.3 Å². The predicted octanol–water partition coefficient (Wildman–Crippen LogP) is 5.92. The third-order valence-electron chi connectivity index (χ3n) is 6.34. The number of hydrogen-bond acceptors (Lipinski definition) is 5. The molecule has 3 rings (SSSR count). The number of benzene rings is 3. The molecule has 11 heteroatoms. The Morgan fingerprint density at radius 3 is 2.22 bits per heavy atom. The molecule has 41 heavy (non-hydrogen) atoms. The fourth-order valence-corrected chi connectivity index (χ4v) is 6.15. The van der Waals surface area contributed by atoms with Gasteiger partial charge in [0, 0.05) is 23.1 Å². The molecule has 220 valence electrons. The van der Waals surface area contributed by atoms with Gasteiger partial charge in [-0.25, -0.2) is 8.42 Å². The van der Waals surface area contributed by atoms with Crippen LogP contribution in [0.1, 0.15) is 39.2 Å². The summed E-state index contributed by atoms with van der Waals surface area (Å²) in [5, 5.41) is 3.62. The summed E-state index contributed by atoms with van der Waals surface area (Å²) in [6.07, 6.45) is 1.03. The van der Waals surface area contributed by atoms with Gasteiger partial charge >= 0.3 is 0 Å². The first kappa shape index (κ1) is 32.2. The molecule has 0 heterocycles. The number of carbonyl (C=O) groups is 2. The number of anilines is 1. The number of ether oxygens (including phenoxy) is 1. The molecular formula is C30H35Cl2N3O5S. The Morgan fingerprint density at radius 2 is 1.63 bits per heavy atom. The summed E-state index contributed by atoms with van der Waals surface area (Å²) in [7, 11) is -4.16. The molecular weight excluding hydrogens is 585 g/mol. The van der Waals surface area contributed by atoms with Gasteiger partial charge in [-0.05, 0) is 73.9 Å². The number of sulfonamides is 1. The molecule has 8 nitrogen and oxygen atoms in total. The lowest BCUT2D eigenvalue weighted by Gasteiger charge is -2.33. The van der Waals surface area contributed by atoms with Crippen molar-refractivity contribution in [2.45, 2.75) is 51.1 Å². The average molecular weight is 621 g/mol. The Bertz CT molecular complexity index is 1420. The van der Waals surface area contributed by atoms with Gasteiger partial charge in [0.05, 0.1) is 17.2 Å². The van der Waals surface area contributed by atoms with E-state index >= 15 is 0 Å². The largest absolute Gasteiger partial charge is 0.494 e. The van der Waals surface area contributed by atoms with E-state index in [9.17, 15) is 18.0 Å². The van der Waals surface area contributed by atoms with Crippen molar-refractivity contribution >= 4 is 50.7 Å². The van der Waals surface area contributed by atoms with Gasteiger partial charge < -0.3 is 15.0 Å². The molecule has 2 amide bonds. The molecule has 1 atom stereocenters. The van der Waals surface area contributed by atoms with Crippen molar-refractivity contribution in [3.05, 3.63) is 88.4 Å². The molecule has 0 aliphatic rings. The maximum Gasteiger partial charge on any atom is 0.264 e. The topological polar surface area (TPSA) is 96.0 Å². The molecule has 1 unspecified atom stereocenters. The minimum Gasteiger partial charge on any atom is -0.494 e. The lowest BCUT2D eigenvalue weighted by atomic mass is 10.1. The van der Waals surface area contributed by atoms with Crippen LogP contribution in [0.25, 0.3) is 0 Å². The zero-order valence-electron chi connectivity index (χ0n) is 23.3. The summed E-state index contributed by atoms with van der Waals surface area (Å²) in [5.41, 5.74) is 0.850. The van der Waals surface area contributed by atoms with Crippen molar-refractivity contribution in [1.29, 1.82) is 0 Å². The van der Waals surface area contributed by atoms with Crippen LogP contribution in [0.2, 0.25) is 10.0 Å². The van der Waals surface area contributed by atoms with E-state index in [1.54, 1.807) is 67.6 Å². The molecule has 0 aromatic heterocycles. The van der Waals surface area contributed by atoms with E-state index < -0.39 is 28.5 Å². The van der Waals surface area contributed by atoms with Gasteiger partial charge in [0.15, 0.2) is 0 Å². The van der Waals surface area contributed by atoms with E-state index in [0.29, 0.717) is 40.9 Å². The number of amides is 2. The highest BCUT2D eigenvalue weighted by molar-refractivity contribution is 7.92. The van der Waals surface area contributed by atoms with Crippen molar-refractivity contribution in [2.75, 3.05) is 24.0 Å². The van der Waals surface area contributed by atoms with Crippen molar-refractivity contribution in [3.8, 4) is 5.75 Å². The van der Waals surface area contributed by atoms with Gasteiger partial charge in [-0.15, -0.1) is 0 Å². The van der Waals surface area contributed by atoms with E-state index in [0.717, 1.165) is 10.7 Å². The molecule has 0 bridgehead atoms. The highest BCUT2D eigenvalue weighted by atomic mass is 35.5. The fraction of sp³-hybridized carbons (Fsp3) is 0.333. The molecule has 0 radical (unpaired) electrons. The van der Waals surface area contributed by atoms with Crippen LogP contribution in [0.15, 0.2) is 77.7 Å². The Kier molecular flexibility index (Phi) is 11.9. The van der Waals surface area contributed by atoms with E-state index in [-0.39, 0.29) is 23.0 Å². The van der Waals surface area contributed by atoms with E-state index in [4.69, 9.17) is 27.9 Å². The monoisotopic (exact) mass is 619 g/mol. The molecule has 0 fully saturated rings. The van der Waals surface area contributed by atoms with E-state index in [1.165, 1.54) is 17.0 Å². The first-order valence-electron chi connectivity index (χ1n) is 13.4. The van der Waals surface area contributed by atoms with Crippen LogP contribution in [-0.2, 0) is 26.2 Å². The minimum absolute atomic E-state index is 0.0185. The smallest absolute Gasteiger partial charge is 0.264 e. The Labute approximate surface area is 252 Å². The molecule has 3 aromatic rings. The number of nitrogens with one attached hydrogen (secondary N) is 1. The normalized spacial score (nSPS) is 11.9. The van der Waals surface area contributed by atoms with Crippen molar-refractivity contribution in [3.63, 3.8) is 0 Å². The lowest BCUT2D eigenvalue weighted by molar-refractivity contribution is -0.140. The predicted molar refractivity (Wildman–Crippen MR) is 163 cm³/mol. The van der Waals surface area contributed by atoms with Gasteiger partial charge in [0.25, 0.3) is 10.0 Å². The molecule has 0 aliphatic heterocycles. The van der Waals surface area contributed by atoms with Crippen LogP contribution in [0.3, 0.4) is 0 Å². The molecule has 3 aromatic carbocycles. The van der Waals surface area contributed by atoms with Crippen LogP contribution >= 0.6 is 23.2 Å². The third kappa shape index (κ3) is 8.38. The molecule has 0 saturated heterocycles. The standard InChI is InChI=1S/C30H35Cl2N3O5S/c1-4-18-33-30(37)28(5-2)34(20-22-12-13-23(31)19-27(22)32)29(36)21-35(24-14-16-25(17-15-24)40-6-3)41(38,39)26-10-8-7-9-11-26/h7-17,19,28H,4-6,18,20-21H2,1-3H3,(H,33,37). The first-order chi connectivity index (χ1) is 19.6. The minimum atomic E-state index is -4.16. The average Bonchev–Trinajstić information content (AvgIpc) is 2.96.